The van der Waals surface area contributed by atoms with Crippen molar-refractivity contribution in [2.45, 2.75) is 25.0 Å². The molecule has 6 heteroatoms. The summed E-state index contributed by atoms with van der Waals surface area (Å²) in [6.07, 6.45) is 0.979. The molecule has 3 rings (SSSR count). The molecule has 1 aromatic rings. The van der Waals surface area contributed by atoms with E-state index in [9.17, 15) is 14.3 Å². The first kappa shape index (κ1) is 15.8. The van der Waals surface area contributed by atoms with Crippen LogP contribution in [-0.2, 0) is 4.79 Å². The minimum Gasteiger partial charge on any atom is -0.388 e. The van der Waals surface area contributed by atoms with Crippen LogP contribution in [0.15, 0.2) is 24.3 Å². The molecule has 0 aromatic heterocycles. The van der Waals surface area contributed by atoms with Gasteiger partial charge in [0, 0.05) is 24.7 Å². The SMILES string of the molecule is O=C([C@H]1CSCN1)N1CCC(C(O)c2ccc(F)cc2)CC1. The van der Waals surface area contributed by atoms with Crippen molar-refractivity contribution in [2.75, 3.05) is 24.7 Å². The smallest absolute Gasteiger partial charge is 0.240 e. The predicted molar refractivity (Wildman–Crippen MR) is 84.9 cm³/mol. The topological polar surface area (TPSA) is 52.6 Å². The Balaban J connectivity index is 1.54. The fourth-order valence-electron chi connectivity index (χ4n) is 3.14. The van der Waals surface area contributed by atoms with Crippen molar-refractivity contribution >= 4 is 17.7 Å². The number of aliphatic hydroxyl groups is 1. The number of amides is 1. The van der Waals surface area contributed by atoms with E-state index in [0.29, 0.717) is 13.1 Å². The van der Waals surface area contributed by atoms with Crippen LogP contribution in [0.1, 0.15) is 24.5 Å². The molecule has 0 radical (unpaired) electrons. The second-order valence-corrected chi connectivity index (χ2v) is 6.96. The van der Waals surface area contributed by atoms with E-state index in [1.165, 1.54) is 12.1 Å². The summed E-state index contributed by atoms with van der Waals surface area (Å²) in [7, 11) is 0. The first-order valence-corrected chi connectivity index (χ1v) is 8.84. The van der Waals surface area contributed by atoms with Crippen LogP contribution in [0.3, 0.4) is 0 Å². The molecule has 2 fully saturated rings. The molecule has 0 spiro atoms. The zero-order chi connectivity index (χ0) is 15.5. The van der Waals surface area contributed by atoms with E-state index in [2.05, 4.69) is 5.32 Å². The lowest BCUT2D eigenvalue weighted by atomic mass is 9.87. The number of piperidine rings is 1. The summed E-state index contributed by atoms with van der Waals surface area (Å²) < 4.78 is 12.9. The molecule has 2 N–H and O–H groups in total. The Morgan fingerprint density at radius 1 is 1.32 bits per heavy atom. The number of benzene rings is 1. The summed E-state index contributed by atoms with van der Waals surface area (Å²) in [5, 5.41) is 13.6. The van der Waals surface area contributed by atoms with Gasteiger partial charge in [0.05, 0.1) is 12.1 Å². The van der Waals surface area contributed by atoms with E-state index in [4.69, 9.17) is 0 Å². The molecule has 2 aliphatic heterocycles. The summed E-state index contributed by atoms with van der Waals surface area (Å²) in [4.78, 5) is 14.2. The van der Waals surface area contributed by atoms with Crippen LogP contribution in [0.25, 0.3) is 0 Å². The number of nitrogens with one attached hydrogen (secondary N) is 1. The maximum Gasteiger partial charge on any atom is 0.240 e. The minimum atomic E-state index is -0.585. The molecule has 2 heterocycles. The molecule has 2 saturated heterocycles. The summed E-state index contributed by atoms with van der Waals surface area (Å²) in [5.74, 6) is 1.70. The number of carbonyl (C=O) groups excluding carboxylic acids is 1. The van der Waals surface area contributed by atoms with Crippen LogP contribution in [0.4, 0.5) is 4.39 Å². The third-order valence-electron chi connectivity index (χ3n) is 4.52. The molecule has 0 saturated carbocycles. The quantitative estimate of drug-likeness (QED) is 0.890. The molecule has 4 nitrogen and oxygen atoms in total. The summed E-state index contributed by atoms with van der Waals surface area (Å²) >= 11 is 1.75. The average molecular weight is 324 g/mol. The van der Waals surface area contributed by atoms with Crippen LogP contribution in [0, 0.1) is 11.7 Å². The predicted octanol–water partition coefficient (Wildman–Crippen LogP) is 1.76. The van der Waals surface area contributed by atoms with Gasteiger partial charge in [-0.05, 0) is 36.5 Å². The fourth-order valence-corrected chi connectivity index (χ4v) is 4.07. The number of hydrogen-bond donors (Lipinski definition) is 2. The zero-order valence-corrected chi connectivity index (χ0v) is 13.2. The van der Waals surface area contributed by atoms with E-state index >= 15 is 0 Å². The van der Waals surface area contributed by atoms with Crippen molar-refractivity contribution in [3.63, 3.8) is 0 Å². The molecule has 0 aliphatic carbocycles. The Morgan fingerprint density at radius 2 is 2.00 bits per heavy atom. The first-order valence-electron chi connectivity index (χ1n) is 7.68. The maximum absolute atomic E-state index is 12.9. The molecule has 2 atom stereocenters. The Hall–Kier alpha value is -1.11. The van der Waals surface area contributed by atoms with Crippen LogP contribution >= 0.6 is 11.8 Å². The van der Waals surface area contributed by atoms with Crippen molar-refractivity contribution in [1.29, 1.82) is 0 Å². The molecule has 120 valence electrons. The number of aliphatic hydroxyl groups excluding tert-OH is 1. The summed E-state index contributed by atoms with van der Waals surface area (Å²) in [5.41, 5.74) is 0.750. The largest absolute Gasteiger partial charge is 0.388 e. The monoisotopic (exact) mass is 324 g/mol. The Labute approximate surface area is 134 Å². The minimum absolute atomic E-state index is 0.0522. The van der Waals surface area contributed by atoms with Gasteiger partial charge in [-0.1, -0.05) is 12.1 Å². The van der Waals surface area contributed by atoms with Gasteiger partial charge in [0.15, 0.2) is 0 Å². The first-order chi connectivity index (χ1) is 10.6. The van der Waals surface area contributed by atoms with Gasteiger partial charge in [-0.25, -0.2) is 4.39 Å². The van der Waals surface area contributed by atoms with Crippen LogP contribution in [0.5, 0.6) is 0 Å². The van der Waals surface area contributed by atoms with Crippen molar-refractivity contribution < 1.29 is 14.3 Å². The van der Waals surface area contributed by atoms with E-state index in [-0.39, 0.29) is 23.7 Å². The molecule has 2 aliphatic rings. The van der Waals surface area contributed by atoms with E-state index in [1.807, 2.05) is 4.90 Å². The average Bonchev–Trinajstić information content (AvgIpc) is 3.09. The van der Waals surface area contributed by atoms with Gasteiger partial charge in [-0.15, -0.1) is 11.8 Å². The van der Waals surface area contributed by atoms with E-state index in [1.54, 1.807) is 23.9 Å². The number of rotatable bonds is 3. The Bertz CT molecular complexity index is 511. The third kappa shape index (κ3) is 3.45. The van der Waals surface area contributed by atoms with Crippen molar-refractivity contribution in [3.8, 4) is 0 Å². The molecule has 1 unspecified atom stereocenters. The Kier molecular flexibility index (Phi) is 5.00. The third-order valence-corrected chi connectivity index (χ3v) is 5.46. The zero-order valence-electron chi connectivity index (χ0n) is 12.4. The normalized spacial score (nSPS) is 24.5. The number of carbonyl (C=O) groups is 1. The molecular formula is C16H21FN2O2S. The lowest BCUT2D eigenvalue weighted by Crippen LogP contribution is -2.48. The second kappa shape index (κ2) is 6.98. The fraction of sp³-hybridized carbons (Fsp3) is 0.562. The highest BCUT2D eigenvalue weighted by molar-refractivity contribution is 7.99. The van der Waals surface area contributed by atoms with Crippen LogP contribution in [0.2, 0.25) is 0 Å². The van der Waals surface area contributed by atoms with Gasteiger partial charge in [0.2, 0.25) is 5.91 Å². The second-order valence-electron chi connectivity index (χ2n) is 5.93. The molecular weight excluding hydrogens is 303 g/mol. The Morgan fingerprint density at radius 3 is 2.59 bits per heavy atom. The molecule has 1 amide bonds. The van der Waals surface area contributed by atoms with Gasteiger partial charge in [0.25, 0.3) is 0 Å². The number of hydrogen-bond acceptors (Lipinski definition) is 4. The van der Waals surface area contributed by atoms with Gasteiger partial charge >= 0.3 is 0 Å². The van der Waals surface area contributed by atoms with Crippen molar-refractivity contribution in [2.24, 2.45) is 5.92 Å². The van der Waals surface area contributed by atoms with Gasteiger partial charge in [0.1, 0.15) is 5.82 Å². The van der Waals surface area contributed by atoms with Crippen molar-refractivity contribution in [1.82, 2.24) is 10.2 Å². The van der Waals surface area contributed by atoms with Crippen molar-refractivity contribution in [3.05, 3.63) is 35.6 Å². The maximum atomic E-state index is 12.9. The number of likely N-dealkylation sites (tertiary alicyclic amines) is 1. The highest BCUT2D eigenvalue weighted by atomic mass is 32.2. The lowest BCUT2D eigenvalue weighted by Gasteiger charge is -2.35. The highest BCUT2D eigenvalue weighted by Gasteiger charge is 2.32. The molecule has 22 heavy (non-hydrogen) atoms. The molecule has 1 aromatic carbocycles. The highest BCUT2D eigenvalue weighted by Crippen LogP contribution is 2.31. The lowest BCUT2D eigenvalue weighted by molar-refractivity contribution is -0.134. The van der Waals surface area contributed by atoms with Crippen LogP contribution in [-0.4, -0.2) is 46.7 Å². The van der Waals surface area contributed by atoms with E-state index < -0.39 is 6.10 Å². The van der Waals surface area contributed by atoms with Gasteiger partial charge in [-0.2, -0.15) is 0 Å². The van der Waals surface area contributed by atoms with Gasteiger partial charge in [-0.3, -0.25) is 10.1 Å². The van der Waals surface area contributed by atoms with Gasteiger partial charge < -0.3 is 10.0 Å². The number of thioether (sulfide) groups is 1. The van der Waals surface area contributed by atoms with Crippen LogP contribution < -0.4 is 5.32 Å². The molecule has 0 bridgehead atoms. The number of halogens is 1. The standard InChI is InChI=1S/C16H21FN2O2S/c17-13-3-1-11(2-4-13)15(20)12-5-7-19(8-6-12)16(21)14-9-22-10-18-14/h1-4,12,14-15,18,20H,5-10H2/t14-,15?/m1/s1. The summed E-state index contributed by atoms with van der Waals surface area (Å²) in [6, 6.07) is 5.97. The number of nitrogens with zero attached hydrogens (tertiary/aromatic N) is 1. The van der Waals surface area contributed by atoms with E-state index in [0.717, 1.165) is 30.0 Å². The summed E-state index contributed by atoms with van der Waals surface area (Å²) in [6.45, 7) is 1.37.